The second-order valence-electron chi connectivity index (χ2n) is 7.09. The first kappa shape index (κ1) is 28.8. The van der Waals surface area contributed by atoms with Crippen molar-refractivity contribution in [3.05, 3.63) is 24.3 Å². The minimum absolute atomic E-state index is 0.203. The molecule has 1 heterocycles. The van der Waals surface area contributed by atoms with Crippen molar-refractivity contribution in [3.8, 4) is 0 Å². The number of amides is 1. The lowest BCUT2D eigenvalue weighted by Crippen LogP contribution is -2.52. The predicted octanol–water partition coefficient (Wildman–Crippen LogP) is -0.154. The molecule has 12 nitrogen and oxygen atoms in total. The highest BCUT2D eigenvalue weighted by Crippen LogP contribution is 2.23. The third-order valence-corrected chi connectivity index (χ3v) is 4.61. The fourth-order valence-electron chi connectivity index (χ4n) is 3.24. The van der Waals surface area contributed by atoms with Gasteiger partial charge in [-0.25, -0.2) is 19.2 Å². The number of nitrogens with two attached hydrogens (primary N) is 1. The zero-order valence-electron chi connectivity index (χ0n) is 17.8. The Bertz CT molecular complexity index is 626. The number of hydrogen-bond donors (Lipinski definition) is 5. The number of carboxylic acids is 4. The van der Waals surface area contributed by atoms with E-state index in [9.17, 15) is 24.0 Å². The summed E-state index contributed by atoms with van der Waals surface area (Å²) in [6, 6.07) is 0.810. The van der Waals surface area contributed by atoms with Gasteiger partial charge in [0.1, 0.15) is 0 Å². The lowest BCUT2D eigenvalue weighted by molar-refractivity contribution is -0.134. The molecule has 0 spiro atoms. The molecule has 0 bridgehead atoms. The van der Waals surface area contributed by atoms with Crippen molar-refractivity contribution in [2.75, 3.05) is 32.7 Å². The predicted molar refractivity (Wildman–Crippen MR) is 113 cm³/mol. The molecule has 6 N–H and O–H groups in total. The maximum absolute atomic E-state index is 10.8. The van der Waals surface area contributed by atoms with Gasteiger partial charge in [0.2, 0.25) is 5.91 Å². The first-order valence-corrected chi connectivity index (χ1v) is 10.0. The van der Waals surface area contributed by atoms with Crippen LogP contribution in [-0.2, 0) is 24.0 Å². The first-order valence-electron chi connectivity index (χ1n) is 10.0. The first-order chi connectivity index (χ1) is 15.0. The van der Waals surface area contributed by atoms with E-state index in [4.69, 9.17) is 26.2 Å². The smallest absolute Gasteiger partial charge is 0.328 e. The van der Waals surface area contributed by atoms with Crippen molar-refractivity contribution in [1.29, 1.82) is 0 Å². The van der Waals surface area contributed by atoms with E-state index < -0.39 is 23.9 Å². The van der Waals surface area contributed by atoms with E-state index in [0.717, 1.165) is 32.2 Å². The molecule has 1 aliphatic heterocycles. The normalized spacial score (nSPS) is 17.6. The highest BCUT2D eigenvalue weighted by Gasteiger charge is 2.25. The van der Waals surface area contributed by atoms with Crippen molar-refractivity contribution < 1.29 is 44.4 Å². The van der Waals surface area contributed by atoms with Crippen molar-refractivity contribution in [2.24, 2.45) is 5.73 Å². The number of aliphatic carboxylic acids is 4. The minimum atomic E-state index is -1.26. The number of hydrogen-bond acceptors (Lipinski definition) is 7. The molecule has 0 atom stereocenters. The average molecular weight is 457 g/mol. The van der Waals surface area contributed by atoms with Crippen molar-refractivity contribution >= 4 is 29.8 Å². The van der Waals surface area contributed by atoms with Crippen LogP contribution >= 0.6 is 0 Å². The van der Waals surface area contributed by atoms with E-state index in [0.29, 0.717) is 30.8 Å². The van der Waals surface area contributed by atoms with Crippen LogP contribution in [-0.4, -0.2) is 98.8 Å². The summed E-state index contributed by atoms with van der Waals surface area (Å²) in [5.74, 6) is -5.23. The number of carbonyl (C=O) groups excluding carboxylic acids is 1. The lowest BCUT2D eigenvalue weighted by atomic mass is 9.94. The van der Waals surface area contributed by atoms with Crippen LogP contribution in [0.15, 0.2) is 24.3 Å². The van der Waals surface area contributed by atoms with Gasteiger partial charge in [-0.1, -0.05) is 19.3 Å². The molecular weight excluding hydrogens is 426 g/mol. The Hall–Kier alpha value is -3.25. The van der Waals surface area contributed by atoms with Crippen LogP contribution in [0.5, 0.6) is 0 Å². The van der Waals surface area contributed by atoms with E-state index in [2.05, 4.69) is 9.80 Å². The molecule has 1 saturated heterocycles. The summed E-state index contributed by atoms with van der Waals surface area (Å²) in [5.41, 5.74) is 5.21. The van der Waals surface area contributed by atoms with Gasteiger partial charge in [-0.15, -0.1) is 0 Å². The molecule has 1 aliphatic carbocycles. The Morgan fingerprint density at radius 1 is 0.688 bits per heavy atom. The van der Waals surface area contributed by atoms with Gasteiger partial charge in [0.15, 0.2) is 0 Å². The van der Waals surface area contributed by atoms with Gasteiger partial charge >= 0.3 is 23.9 Å². The number of primary amides is 1. The maximum Gasteiger partial charge on any atom is 0.328 e. The summed E-state index contributed by atoms with van der Waals surface area (Å²) < 4.78 is 0. The summed E-state index contributed by atoms with van der Waals surface area (Å²) in [6.07, 6.45) is 9.18. The lowest BCUT2D eigenvalue weighted by Gasteiger charge is -2.40. The highest BCUT2D eigenvalue weighted by molar-refractivity contribution is 5.90. The van der Waals surface area contributed by atoms with Crippen LogP contribution in [0.25, 0.3) is 0 Å². The second kappa shape index (κ2) is 16.4. The van der Waals surface area contributed by atoms with Crippen LogP contribution in [0.2, 0.25) is 0 Å². The van der Waals surface area contributed by atoms with E-state index in [1.54, 1.807) is 0 Å². The fraction of sp³-hybridized carbons (Fsp3) is 0.550. The third kappa shape index (κ3) is 16.5. The molecule has 180 valence electrons. The Balaban J connectivity index is 0.000000510. The molecular formula is C20H31N3O9. The number of carboxylic acid groups (broad SMARTS) is 4. The summed E-state index contributed by atoms with van der Waals surface area (Å²) in [6.45, 7) is 4.65. The number of rotatable bonds is 7. The summed E-state index contributed by atoms with van der Waals surface area (Å²) >= 11 is 0. The summed E-state index contributed by atoms with van der Waals surface area (Å²) in [5, 5.41) is 31.2. The van der Waals surface area contributed by atoms with Gasteiger partial charge < -0.3 is 26.2 Å². The van der Waals surface area contributed by atoms with Crippen LogP contribution in [0.3, 0.4) is 0 Å². The molecule has 12 heteroatoms. The van der Waals surface area contributed by atoms with Crippen LogP contribution in [0.4, 0.5) is 0 Å². The van der Waals surface area contributed by atoms with E-state index >= 15 is 0 Å². The Morgan fingerprint density at radius 2 is 1.06 bits per heavy atom. The van der Waals surface area contributed by atoms with Crippen LogP contribution in [0.1, 0.15) is 32.1 Å². The van der Waals surface area contributed by atoms with Crippen LogP contribution in [0, 0.1) is 0 Å². The maximum atomic E-state index is 10.8. The number of carbonyl (C=O) groups is 5. The Labute approximate surface area is 185 Å². The molecule has 2 aliphatic rings. The number of piperazine rings is 1. The van der Waals surface area contributed by atoms with Gasteiger partial charge in [0, 0.05) is 56.5 Å². The zero-order chi connectivity index (χ0) is 24.5. The molecule has 0 aromatic rings. The molecule has 0 aromatic carbocycles. The molecule has 32 heavy (non-hydrogen) atoms. The minimum Gasteiger partial charge on any atom is -0.478 e. The Morgan fingerprint density at radius 3 is 1.38 bits per heavy atom. The molecule has 0 radical (unpaired) electrons. The molecule has 2 rings (SSSR count). The zero-order valence-corrected chi connectivity index (χ0v) is 17.8. The fourth-order valence-corrected chi connectivity index (χ4v) is 3.24. The van der Waals surface area contributed by atoms with Crippen molar-refractivity contribution in [1.82, 2.24) is 9.80 Å². The van der Waals surface area contributed by atoms with Gasteiger partial charge in [0.25, 0.3) is 0 Å². The summed E-state index contributed by atoms with van der Waals surface area (Å²) in [7, 11) is 0. The SMILES string of the molecule is NC(=O)CN1CCN(C2CCCCC2)CC1.O=C(O)/C=C/C(=O)O.O=C(O)/C=C/C(=O)O. The summed E-state index contributed by atoms with van der Waals surface area (Å²) in [4.78, 5) is 53.8. The third-order valence-electron chi connectivity index (χ3n) is 4.61. The molecule has 2 fully saturated rings. The van der Waals surface area contributed by atoms with Gasteiger partial charge in [-0.3, -0.25) is 14.6 Å². The average Bonchev–Trinajstić information content (AvgIpc) is 2.72. The second-order valence-corrected chi connectivity index (χ2v) is 7.09. The van der Waals surface area contributed by atoms with Crippen molar-refractivity contribution in [3.63, 3.8) is 0 Å². The van der Waals surface area contributed by atoms with Gasteiger partial charge in [-0.2, -0.15) is 0 Å². The molecule has 1 saturated carbocycles. The molecule has 1 amide bonds. The van der Waals surface area contributed by atoms with E-state index in [1.807, 2.05) is 0 Å². The van der Waals surface area contributed by atoms with Crippen molar-refractivity contribution in [2.45, 2.75) is 38.1 Å². The molecule has 0 aromatic heterocycles. The van der Waals surface area contributed by atoms with E-state index in [-0.39, 0.29) is 5.91 Å². The van der Waals surface area contributed by atoms with Crippen LogP contribution < -0.4 is 5.73 Å². The van der Waals surface area contributed by atoms with E-state index in [1.165, 1.54) is 32.1 Å². The monoisotopic (exact) mass is 457 g/mol. The largest absolute Gasteiger partial charge is 0.478 e. The standard InChI is InChI=1S/C12H23N3O.2C4H4O4/c13-12(16)10-14-6-8-15(9-7-14)11-4-2-1-3-5-11;2*5-3(6)1-2-4(7)8/h11H,1-10H2,(H2,13,16);2*1-2H,(H,5,6)(H,7,8)/b;2*2-1+. The molecule has 0 unspecified atom stereocenters. The highest BCUT2D eigenvalue weighted by atomic mass is 16.4. The van der Waals surface area contributed by atoms with Gasteiger partial charge in [0.05, 0.1) is 6.54 Å². The van der Waals surface area contributed by atoms with Gasteiger partial charge in [-0.05, 0) is 12.8 Å². The Kier molecular flexibility index (Phi) is 14.8. The number of nitrogens with zero attached hydrogens (tertiary/aromatic N) is 2. The quantitative estimate of drug-likeness (QED) is 0.318. The topological polar surface area (TPSA) is 199 Å².